The Morgan fingerprint density at radius 1 is 1.20 bits per heavy atom. The molecule has 25 heavy (non-hydrogen) atoms. The van der Waals surface area contributed by atoms with Gasteiger partial charge in [-0.15, -0.1) is 0 Å². The van der Waals surface area contributed by atoms with Crippen LogP contribution in [0.3, 0.4) is 0 Å². The van der Waals surface area contributed by atoms with Crippen molar-refractivity contribution in [3.63, 3.8) is 0 Å². The average molecular weight is 343 g/mol. The van der Waals surface area contributed by atoms with E-state index >= 15 is 0 Å². The van der Waals surface area contributed by atoms with E-state index in [1.165, 1.54) is 12.8 Å². The number of imide groups is 1. The minimum atomic E-state index is -1.19. The van der Waals surface area contributed by atoms with Crippen molar-refractivity contribution in [3.05, 3.63) is 35.9 Å². The second-order valence-corrected chi connectivity index (χ2v) is 7.06. The molecule has 2 heterocycles. The third-order valence-electron chi connectivity index (χ3n) is 5.20. The first-order valence-corrected chi connectivity index (χ1v) is 8.53. The molecule has 4 N–H and O–H groups in total. The maximum Gasteiger partial charge on any atom is 0.344 e. The van der Waals surface area contributed by atoms with Gasteiger partial charge in [0.25, 0.3) is 11.8 Å². The number of rotatable bonds is 4. The number of benzene rings is 1. The van der Waals surface area contributed by atoms with Gasteiger partial charge in [-0.2, -0.15) is 5.01 Å². The molecule has 4 amide bonds. The van der Waals surface area contributed by atoms with Crippen molar-refractivity contribution in [2.45, 2.75) is 43.8 Å². The molecule has 3 unspecified atom stereocenters. The number of nitrogens with one attached hydrogen (secondary N) is 4. The fraction of sp³-hybridized carbons (Fsp3) is 0.471. The SMILES string of the molecule is CC1(c2ccccc2)NC(=O)N(NC(=O)C2CC(C3CC3)NN2)C1=O. The summed E-state index contributed by atoms with van der Waals surface area (Å²) in [7, 11) is 0. The number of nitrogens with zero attached hydrogens (tertiary/aromatic N) is 1. The van der Waals surface area contributed by atoms with Gasteiger partial charge in [0.1, 0.15) is 11.6 Å². The van der Waals surface area contributed by atoms with E-state index in [-0.39, 0.29) is 6.04 Å². The molecule has 0 spiro atoms. The molecule has 0 bridgehead atoms. The molecule has 132 valence electrons. The molecule has 3 fully saturated rings. The lowest BCUT2D eigenvalue weighted by Gasteiger charge is -2.22. The zero-order chi connectivity index (χ0) is 17.6. The number of hydrogen-bond acceptors (Lipinski definition) is 5. The van der Waals surface area contributed by atoms with Gasteiger partial charge in [-0.25, -0.2) is 10.2 Å². The molecule has 2 saturated heterocycles. The Balaban J connectivity index is 1.45. The van der Waals surface area contributed by atoms with Crippen molar-refractivity contribution >= 4 is 17.8 Å². The minimum absolute atomic E-state index is 0.272. The van der Waals surface area contributed by atoms with E-state index in [0.29, 0.717) is 17.9 Å². The monoisotopic (exact) mass is 343 g/mol. The van der Waals surface area contributed by atoms with E-state index < -0.39 is 29.4 Å². The molecule has 1 aromatic carbocycles. The van der Waals surface area contributed by atoms with Crippen molar-refractivity contribution in [2.75, 3.05) is 0 Å². The van der Waals surface area contributed by atoms with Crippen LogP contribution in [0.5, 0.6) is 0 Å². The lowest BCUT2D eigenvalue weighted by atomic mass is 9.92. The van der Waals surface area contributed by atoms with Gasteiger partial charge in [0.15, 0.2) is 0 Å². The van der Waals surface area contributed by atoms with Gasteiger partial charge in [-0.05, 0) is 37.7 Å². The summed E-state index contributed by atoms with van der Waals surface area (Å²) in [6, 6.07) is 8.15. The zero-order valence-corrected chi connectivity index (χ0v) is 13.9. The molecular formula is C17H21N5O3. The van der Waals surface area contributed by atoms with E-state index in [0.717, 1.165) is 5.01 Å². The first-order chi connectivity index (χ1) is 12.0. The van der Waals surface area contributed by atoms with Crippen molar-refractivity contribution in [1.82, 2.24) is 26.6 Å². The number of hydrogen-bond donors (Lipinski definition) is 4. The van der Waals surface area contributed by atoms with Crippen LogP contribution in [0.1, 0.15) is 31.7 Å². The fourth-order valence-electron chi connectivity index (χ4n) is 3.46. The summed E-state index contributed by atoms with van der Waals surface area (Å²) < 4.78 is 0. The summed E-state index contributed by atoms with van der Waals surface area (Å²) in [6.07, 6.45) is 3.00. The minimum Gasteiger partial charge on any atom is -0.318 e. The maximum atomic E-state index is 12.8. The highest BCUT2D eigenvalue weighted by Gasteiger charge is 2.50. The van der Waals surface area contributed by atoms with Gasteiger partial charge in [0, 0.05) is 6.04 Å². The molecule has 1 aliphatic carbocycles. The number of carbonyl (C=O) groups is 3. The number of urea groups is 1. The Bertz CT molecular complexity index is 720. The van der Waals surface area contributed by atoms with E-state index in [1.54, 1.807) is 31.2 Å². The van der Waals surface area contributed by atoms with Crippen LogP contribution in [0.4, 0.5) is 4.79 Å². The number of hydrazine groups is 2. The highest BCUT2D eigenvalue weighted by Crippen LogP contribution is 2.35. The fourth-order valence-corrected chi connectivity index (χ4v) is 3.46. The van der Waals surface area contributed by atoms with Crippen LogP contribution in [0.2, 0.25) is 0 Å². The van der Waals surface area contributed by atoms with Crippen LogP contribution in [0.25, 0.3) is 0 Å². The van der Waals surface area contributed by atoms with Crippen LogP contribution in [-0.4, -0.2) is 34.9 Å². The van der Waals surface area contributed by atoms with Crippen LogP contribution in [-0.2, 0) is 15.1 Å². The third-order valence-corrected chi connectivity index (χ3v) is 5.20. The van der Waals surface area contributed by atoms with Crippen molar-refractivity contribution in [2.24, 2.45) is 5.92 Å². The highest BCUT2D eigenvalue weighted by molar-refractivity contribution is 6.08. The molecule has 8 heteroatoms. The lowest BCUT2D eigenvalue weighted by Crippen LogP contribution is -2.53. The largest absolute Gasteiger partial charge is 0.344 e. The molecular weight excluding hydrogens is 322 g/mol. The molecule has 8 nitrogen and oxygen atoms in total. The van der Waals surface area contributed by atoms with Gasteiger partial charge < -0.3 is 5.32 Å². The van der Waals surface area contributed by atoms with Crippen molar-refractivity contribution < 1.29 is 14.4 Å². The summed E-state index contributed by atoms with van der Waals surface area (Å²) in [5, 5.41) is 3.45. The first-order valence-electron chi connectivity index (χ1n) is 8.53. The predicted molar refractivity (Wildman–Crippen MR) is 88.5 cm³/mol. The van der Waals surface area contributed by atoms with E-state index in [2.05, 4.69) is 21.6 Å². The van der Waals surface area contributed by atoms with E-state index in [4.69, 9.17) is 0 Å². The molecule has 3 atom stereocenters. The van der Waals surface area contributed by atoms with Crippen molar-refractivity contribution in [3.8, 4) is 0 Å². The van der Waals surface area contributed by atoms with Gasteiger partial charge in [-0.3, -0.25) is 20.4 Å². The summed E-state index contributed by atoms with van der Waals surface area (Å²) in [5.41, 5.74) is 8.01. The predicted octanol–water partition coefficient (Wildman–Crippen LogP) is 0.130. The molecule has 3 aliphatic rings. The Morgan fingerprint density at radius 3 is 2.60 bits per heavy atom. The highest BCUT2D eigenvalue weighted by atomic mass is 16.2. The van der Waals surface area contributed by atoms with Crippen LogP contribution >= 0.6 is 0 Å². The summed E-state index contributed by atoms with van der Waals surface area (Å²) in [5.74, 6) is -0.276. The smallest absolute Gasteiger partial charge is 0.318 e. The van der Waals surface area contributed by atoms with E-state index in [9.17, 15) is 14.4 Å². The van der Waals surface area contributed by atoms with Gasteiger partial charge in [0.2, 0.25) is 0 Å². The Hall–Kier alpha value is -2.45. The first kappa shape index (κ1) is 16.0. The molecule has 2 aliphatic heterocycles. The standard InChI is InChI=1S/C17H21N5O3/c1-17(11-5-3-2-4-6-11)15(24)22(16(25)18-17)21-14(23)13-9-12(19-20-13)10-7-8-10/h2-6,10,12-13,19-20H,7-9H2,1H3,(H,18,25)(H,21,23). The molecule has 0 radical (unpaired) electrons. The quantitative estimate of drug-likeness (QED) is 0.582. The van der Waals surface area contributed by atoms with Crippen LogP contribution < -0.4 is 21.6 Å². The molecule has 0 aromatic heterocycles. The lowest BCUT2D eigenvalue weighted by molar-refractivity contribution is -0.139. The van der Waals surface area contributed by atoms with Gasteiger partial charge in [0.05, 0.1) is 0 Å². The van der Waals surface area contributed by atoms with E-state index in [1.807, 2.05) is 6.07 Å². The van der Waals surface area contributed by atoms with Crippen LogP contribution in [0.15, 0.2) is 30.3 Å². The Morgan fingerprint density at radius 2 is 1.92 bits per heavy atom. The Kier molecular flexibility index (Phi) is 3.73. The molecule has 1 aromatic rings. The van der Waals surface area contributed by atoms with Crippen LogP contribution in [0, 0.1) is 5.92 Å². The second-order valence-electron chi connectivity index (χ2n) is 7.06. The van der Waals surface area contributed by atoms with Gasteiger partial charge in [-0.1, -0.05) is 30.3 Å². The van der Waals surface area contributed by atoms with Gasteiger partial charge >= 0.3 is 6.03 Å². The molecule has 1 saturated carbocycles. The average Bonchev–Trinajstić information content (AvgIpc) is 3.30. The molecule has 4 rings (SSSR count). The van der Waals surface area contributed by atoms with Crippen molar-refractivity contribution in [1.29, 1.82) is 0 Å². The normalized spacial score (nSPS) is 32.0. The maximum absolute atomic E-state index is 12.8. The number of carbonyl (C=O) groups excluding carboxylic acids is 3. The second kappa shape index (κ2) is 5.82. The topological polar surface area (TPSA) is 103 Å². The summed E-state index contributed by atoms with van der Waals surface area (Å²) >= 11 is 0. The third kappa shape index (κ3) is 2.77. The number of amides is 4. The zero-order valence-electron chi connectivity index (χ0n) is 13.9. The summed E-state index contributed by atoms with van der Waals surface area (Å²) in [4.78, 5) is 37.5. The summed E-state index contributed by atoms with van der Waals surface area (Å²) in [6.45, 7) is 1.63. The Labute approximate surface area is 145 Å².